The molecule has 0 saturated heterocycles. The summed E-state index contributed by atoms with van der Waals surface area (Å²) < 4.78 is 12.7. The molecule has 0 unspecified atom stereocenters. The van der Waals surface area contributed by atoms with E-state index in [4.69, 9.17) is 10.8 Å². The Morgan fingerprint density at radius 2 is 2.00 bits per heavy atom. The number of alkyl halides is 1. The van der Waals surface area contributed by atoms with Gasteiger partial charge in [-0.25, -0.2) is 4.39 Å². The normalized spacial score (nSPS) is 16.9. The lowest BCUT2D eigenvalue weighted by atomic mass is 10.0. The van der Waals surface area contributed by atoms with Gasteiger partial charge in [-0.2, -0.15) is 0 Å². The van der Waals surface area contributed by atoms with Crippen LogP contribution in [0.2, 0.25) is 0 Å². The van der Waals surface area contributed by atoms with E-state index < -0.39 is 18.2 Å². The topological polar surface area (TPSA) is 63.3 Å². The molecule has 0 aromatic heterocycles. The number of halogens is 1. The van der Waals surface area contributed by atoms with Crippen molar-refractivity contribution in [3.8, 4) is 0 Å². The minimum atomic E-state index is -1.46. The summed E-state index contributed by atoms with van der Waals surface area (Å²) in [6.07, 6.45) is -1.46. The van der Waals surface area contributed by atoms with Crippen molar-refractivity contribution in [3.63, 3.8) is 0 Å². The minimum absolute atomic E-state index is 0.342. The van der Waals surface area contributed by atoms with Crippen LogP contribution in [-0.2, 0) is 4.79 Å². The van der Waals surface area contributed by atoms with E-state index in [1.807, 2.05) is 0 Å². The maximum atomic E-state index is 12.7. The molecule has 10 heavy (non-hydrogen) atoms. The summed E-state index contributed by atoms with van der Waals surface area (Å²) >= 11 is 0. The van der Waals surface area contributed by atoms with E-state index in [0.717, 1.165) is 0 Å². The van der Waals surface area contributed by atoms with Crippen LogP contribution in [-0.4, -0.2) is 23.3 Å². The molecule has 3 nitrogen and oxygen atoms in total. The number of carboxylic acids is 1. The van der Waals surface area contributed by atoms with Crippen LogP contribution in [0.1, 0.15) is 13.8 Å². The first-order valence-electron chi connectivity index (χ1n) is 3.09. The van der Waals surface area contributed by atoms with Crippen molar-refractivity contribution < 1.29 is 14.3 Å². The van der Waals surface area contributed by atoms with Gasteiger partial charge in [0.25, 0.3) is 0 Å². The Bertz CT molecular complexity index is 127. The Morgan fingerprint density at radius 3 is 2.10 bits per heavy atom. The quantitative estimate of drug-likeness (QED) is 0.610. The van der Waals surface area contributed by atoms with Crippen molar-refractivity contribution in [1.29, 1.82) is 0 Å². The summed E-state index contributed by atoms with van der Waals surface area (Å²) in [5, 5.41) is 8.24. The predicted molar refractivity (Wildman–Crippen MR) is 35.3 cm³/mol. The smallest absolute Gasteiger partial charge is 0.323 e. The zero-order chi connectivity index (χ0) is 8.31. The minimum Gasteiger partial charge on any atom is -0.480 e. The Labute approximate surface area is 59.0 Å². The average Bonchev–Trinajstić information content (AvgIpc) is 1.84. The molecule has 0 saturated carbocycles. The molecule has 0 aromatic carbocycles. The van der Waals surface area contributed by atoms with Crippen LogP contribution in [0.25, 0.3) is 0 Å². The SMILES string of the molecule is CC(C)[C@@H](F)[C@@H](N)C(=O)O. The van der Waals surface area contributed by atoms with Crippen LogP contribution >= 0.6 is 0 Å². The van der Waals surface area contributed by atoms with Gasteiger partial charge in [-0.1, -0.05) is 13.8 Å². The number of carbonyl (C=O) groups is 1. The summed E-state index contributed by atoms with van der Waals surface area (Å²) in [5.41, 5.74) is 4.99. The van der Waals surface area contributed by atoms with Crippen LogP contribution in [0, 0.1) is 5.92 Å². The van der Waals surface area contributed by atoms with Crippen LogP contribution in [0.5, 0.6) is 0 Å². The zero-order valence-electron chi connectivity index (χ0n) is 6.04. The maximum Gasteiger partial charge on any atom is 0.323 e. The Kier molecular flexibility index (Phi) is 3.28. The molecule has 4 heteroatoms. The lowest BCUT2D eigenvalue weighted by Crippen LogP contribution is -2.41. The van der Waals surface area contributed by atoms with Gasteiger partial charge >= 0.3 is 5.97 Å². The van der Waals surface area contributed by atoms with Gasteiger partial charge in [0, 0.05) is 0 Å². The second-order valence-corrected chi connectivity index (χ2v) is 2.55. The van der Waals surface area contributed by atoms with Crippen molar-refractivity contribution in [3.05, 3.63) is 0 Å². The van der Waals surface area contributed by atoms with Crippen molar-refractivity contribution in [2.75, 3.05) is 0 Å². The number of hydrogen-bond donors (Lipinski definition) is 2. The second-order valence-electron chi connectivity index (χ2n) is 2.55. The van der Waals surface area contributed by atoms with Crippen molar-refractivity contribution >= 4 is 5.97 Å². The van der Waals surface area contributed by atoms with Crippen LogP contribution in [0.15, 0.2) is 0 Å². The highest BCUT2D eigenvalue weighted by atomic mass is 19.1. The largest absolute Gasteiger partial charge is 0.480 e. The van der Waals surface area contributed by atoms with Gasteiger partial charge in [-0.05, 0) is 5.92 Å². The molecule has 0 aliphatic carbocycles. The highest BCUT2D eigenvalue weighted by molar-refractivity contribution is 5.73. The molecule has 60 valence electrons. The fourth-order valence-electron chi connectivity index (χ4n) is 0.551. The lowest BCUT2D eigenvalue weighted by Gasteiger charge is -2.15. The summed E-state index contributed by atoms with van der Waals surface area (Å²) in [4.78, 5) is 10.1. The fraction of sp³-hybridized carbons (Fsp3) is 0.833. The number of nitrogens with two attached hydrogens (primary N) is 1. The van der Waals surface area contributed by atoms with Crippen LogP contribution < -0.4 is 5.73 Å². The molecule has 0 amide bonds. The molecule has 0 aliphatic heterocycles. The molecule has 0 rings (SSSR count). The molecule has 0 heterocycles. The summed E-state index contributed by atoms with van der Waals surface area (Å²) in [6.45, 7) is 3.18. The van der Waals surface area contributed by atoms with E-state index in [-0.39, 0.29) is 5.92 Å². The molecular weight excluding hydrogens is 137 g/mol. The highest BCUT2D eigenvalue weighted by Gasteiger charge is 2.26. The molecule has 2 atom stereocenters. The first-order valence-corrected chi connectivity index (χ1v) is 3.09. The molecule has 0 fully saturated rings. The van der Waals surface area contributed by atoms with E-state index >= 15 is 0 Å². The zero-order valence-corrected chi connectivity index (χ0v) is 6.04. The molecule has 0 spiro atoms. The lowest BCUT2D eigenvalue weighted by molar-refractivity contribution is -0.140. The summed E-state index contributed by atoms with van der Waals surface area (Å²) in [5.74, 6) is -1.63. The first-order chi connectivity index (χ1) is 4.46. The number of carboxylic acid groups (broad SMARTS) is 1. The fourth-order valence-corrected chi connectivity index (χ4v) is 0.551. The maximum absolute atomic E-state index is 12.7. The van der Waals surface area contributed by atoms with Crippen LogP contribution in [0.4, 0.5) is 4.39 Å². The van der Waals surface area contributed by atoms with Gasteiger partial charge in [0.15, 0.2) is 0 Å². The Hall–Kier alpha value is -0.640. The van der Waals surface area contributed by atoms with E-state index in [1.165, 1.54) is 0 Å². The average molecular weight is 149 g/mol. The molecule has 3 N–H and O–H groups in total. The monoisotopic (exact) mass is 149 g/mol. The van der Waals surface area contributed by atoms with Gasteiger partial charge in [-0.3, -0.25) is 4.79 Å². The number of rotatable bonds is 3. The van der Waals surface area contributed by atoms with Gasteiger partial charge in [0.1, 0.15) is 12.2 Å². The molecule has 0 bridgehead atoms. The van der Waals surface area contributed by atoms with E-state index in [9.17, 15) is 9.18 Å². The third-order valence-electron chi connectivity index (χ3n) is 1.27. The predicted octanol–water partition coefficient (Wildman–Crippen LogP) is 0.392. The van der Waals surface area contributed by atoms with E-state index in [2.05, 4.69) is 0 Å². The van der Waals surface area contributed by atoms with Crippen molar-refractivity contribution in [1.82, 2.24) is 0 Å². The number of hydrogen-bond acceptors (Lipinski definition) is 2. The molecule has 0 aliphatic rings. The summed E-state index contributed by atoms with van der Waals surface area (Å²) in [7, 11) is 0. The third-order valence-corrected chi connectivity index (χ3v) is 1.27. The summed E-state index contributed by atoms with van der Waals surface area (Å²) in [6, 6.07) is -1.39. The van der Waals surface area contributed by atoms with Crippen molar-refractivity contribution in [2.45, 2.75) is 26.1 Å². The van der Waals surface area contributed by atoms with E-state index in [1.54, 1.807) is 13.8 Å². The second kappa shape index (κ2) is 3.51. The molecule has 0 aromatic rings. The van der Waals surface area contributed by atoms with E-state index in [0.29, 0.717) is 0 Å². The first kappa shape index (κ1) is 9.36. The van der Waals surface area contributed by atoms with Crippen LogP contribution in [0.3, 0.4) is 0 Å². The Balaban J connectivity index is 3.94. The molecular formula is C6H12FNO2. The van der Waals surface area contributed by atoms with Gasteiger partial charge < -0.3 is 10.8 Å². The van der Waals surface area contributed by atoms with Gasteiger partial charge in [-0.15, -0.1) is 0 Å². The number of aliphatic carboxylic acids is 1. The highest BCUT2D eigenvalue weighted by Crippen LogP contribution is 2.08. The Morgan fingerprint density at radius 1 is 1.60 bits per heavy atom. The van der Waals surface area contributed by atoms with Gasteiger partial charge in [0.05, 0.1) is 0 Å². The third kappa shape index (κ3) is 2.31. The molecule has 0 radical (unpaired) electrons. The standard InChI is InChI=1S/C6H12FNO2/c1-3(2)4(7)5(8)6(9)10/h3-5H,8H2,1-2H3,(H,9,10)/t4-,5-/m1/s1. The van der Waals surface area contributed by atoms with Gasteiger partial charge in [0.2, 0.25) is 0 Å². The van der Waals surface area contributed by atoms with Crippen molar-refractivity contribution in [2.24, 2.45) is 11.7 Å².